The summed E-state index contributed by atoms with van der Waals surface area (Å²) in [6.07, 6.45) is 2.46. The Labute approximate surface area is 131 Å². The third kappa shape index (κ3) is 2.72. The molecule has 0 aromatic heterocycles. The lowest BCUT2D eigenvalue weighted by molar-refractivity contribution is 0.132. The first kappa shape index (κ1) is 15.3. The van der Waals surface area contributed by atoms with Gasteiger partial charge in [-0.15, -0.1) is 0 Å². The van der Waals surface area contributed by atoms with Crippen molar-refractivity contribution in [2.24, 2.45) is 0 Å². The van der Waals surface area contributed by atoms with E-state index in [0.717, 1.165) is 13.1 Å². The highest BCUT2D eigenvalue weighted by Gasteiger charge is 2.45. The highest BCUT2D eigenvalue weighted by atomic mass is 35.5. The van der Waals surface area contributed by atoms with Gasteiger partial charge in [0.15, 0.2) is 0 Å². The van der Waals surface area contributed by atoms with E-state index in [-0.39, 0.29) is 0 Å². The van der Waals surface area contributed by atoms with Gasteiger partial charge < -0.3 is 0 Å². The summed E-state index contributed by atoms with van der Waals surface area (Å²) in [6.45, 7) is 6.77. The Morgan fingerprint density at radius 1 is 1.14 bits per heavy atom. The van der Waals surface area contributed by atoms with Crippen LogP contribution in [0.3, 0.4) is 0 Å². The van der Waals surface area contributed by atoms with E-state index in [0.29, 0.717) is 34.1 Å². The maximum Gasteiger partial charge on any atom is 0.243 e. The summed E-state index contributed by atoms with van der Waals surface area (Å²) in [4.78, 5) is 2.75. The number of hydrogen-bond acceptors (Lipinski definition) is 3. The standard InChI is InChI=1S/C15H21ClN2O2S/c1-12-13(16)4-3-5-14(12)21(19,20)18-10-8-17(9-11-18)15(2)6-7-15/h3-5H,6-11H2,1-2H3. The Kier molecular flexibility index (Phi) is 3.81. The third-order valence-electron chi connectivity index (χ3n) is 4.81. The van der Waals surface area contributed by atoms with Gasteiger partial charge in [-0.1, -0.05) is 17.7 Å². The molecule has 1 aliphatic carbocycles. The number of hydrogen-bond donors (Lipinski definition) is 0. The van der Waals surface area contributed by atoms with Crippen LogP contribution in [0.25, 0.3) is 0 Å². The van der Waals surface area contributed by atoms with Crippen molar-refractivity contribution in [3.63, 3.8) is 0 Å². The molecule has 1 heterocycles. The van der Waals surface area contributed by atoms with Crippen LogP contribution in [0.4, 0.5) is 0 Å². The number of benzene rings is 1. The first-order valence-electron chi connectivity index (χ1n) is 7.35. The summed E-state index contributed by atoms with van der Waals surface area (Å²) in [6, 6.07) is 5.07. The molecule has 0 amide bonds. The summed E-state index contributed by atoms with van der Waals surface area (Å²) in [5, 5.41) is 0.500. The minimum Gasteiger partial charge on any atom is -0.295 e. The van der Waals surface area contributed by atoms with E-state index in [9.17, 15) is 8.42 Å². The third-order valence-corrected chi connectivity index (χ3v) is 7.26. The zero-order chi connectivity index (χ0) is 15.3. The van der Waals surface area contributed by atoms with Gasteiger partial charge in [-0.25, -0.2) is 8.42 Å². The SMILES string of the molecule is Cc1c(Cl)cccc1S(=O)(=O)N1CCN(C2(C)CC2)CC1. The lowest BCUT2D eigenvalue weighted by Gasteiger charge is -2.37. The molecule has 21 heavy (non-hydrogen) atoms. The molecule has 4 nitrogen and oxygen atoms in total. The fourth-order valence-corrected chi connectivity index (χ4v) is 4.87. The van der Waals surface area contributed by atoms with Crippen LogP contribution in [-0.4, -0.2) is 49.3 Å². The molecule has 0 N–H and O–H groups in total. The zero-order valence-electron chi connectivity index (χ0n) is 12.5. The Morgan fingerprint density at radius 3 is 2.33 bits per heavy atom. The second kappa shape index (κ2) is 5.23. The number of nitrogens with zero attached hydrogens (tertiary/aromatic N) is 2. The molecule has 1 aromatic carbocycles. The summed E-state index contributed by atoms with van der Waals surface area (Å²) in [5.74, 6) is 0. The van der Waals surface area contributed by atoms with Crippen LogP contribution < -0.4 is 0 Å². The topological polar surface area (TPSA) is 40.6 Å². The van der Waals surface area contributed by atoms with Gasteiger partial charge in [-0.2, -0.15) is 4.31 Å². The van der Waals surface area contributed by atoms with E-state index in [1.165, 1.54) is 12.8 Å². The minimum absolute atomic E-state index is 0.321. The number of sulfonamides is 1. The Hall–Kier alpha value is -0.620. The average molecular weight is 329 g/mol. The molecule has 3 rings (SSSR count). The van der Waals surface area contributed by atoms with Crippen molar-refractivity contribution in [1.29, 1.82) is 0 Å². The smallest absolute Gasteiger partial charge is 0.243 e. The van der Waals surface area contributed by atoms with Crippen LogP contribution in [-0.2, 0) is 10.0 Å². The van der Waals surface area contributed by atoms with Crippen molar-refractivity contribution >= 4 is 21.6 Å². The van der Waals surface area contributed by atoms with Gasteiger partial charge in [0, 0.05) is 36.7 Å². The van der Waals surface area contributed by atoms with Crippen LogP contribution >= 0.6 is 11.6 Å². The zero-order valence-corrected chi connectivity index (χ0v) is 14.0. The Balaban J connectivity index is 1.79. The Bertz CT molecular complexity index is 648. The van der Waals surface area contributed by atoms with Gasteiger partial charge in [-0.05, 0) is 44.4 Å². The molecule has 1 aromatic rings. The number of rotatable bonds is 3. The van der Waals surface area contributed by atoms with E-state index in [4.69, 9.17) is 11.6 Å². The molecule has 2 aliphatic rings. The van der Waals surface area contributed by atoms with Gasteiger partial charge in [-0.3, -0.25) is 4.90 Å². The molecule has 0 unspecified atom stereocenters. The van der Waals surface area contributed by atoms with Crippen LogP contribution in [0.2, 0.25) is 5.02 Å². The second-order valence-corrected chi connectivity index (χ2v) is 8.56. The highest BCUT2D eigenvalue weighted by molar-refractivity contribution is 7.89. The minimum atomic E-state index is -3.44. The van der Waals surface area contributed by atoms with E-state index < -0.39 is 10.0 Å². The summed E-state index contributed by atoms with van der Waals surface area (Å²) in [7, 11) is -3.44. The summed E-state index contributed by atoms with van der Waals surface area (Å²) >= 11 is 6.06. The molecular formula is C15H21ClN2O2S. The Morgan fingerprint density at radius 2 is 1.76 bits per heavy atom. The van der Waals surface area contributed by atoms with Crippen molar-refractivity contribution in [3.05, 3.63) is 28.8 Å². The van der Waals surface area contributed by atoms with Crippen molar-refractivity contribution in [3.8, 4) is 0 Å². The molecule has 2 fully saturated rings. The predicted octanol–water partition coefficient (Wildman–Crippen LogP) is 2.51. The highest BCUT2D eigenvalue weighted by Crippen LogP contribution is 2.41. The van der Waals surface area contributed by atoms with Gasteiger partial charge >= 0.3 is 0 Å². The molecular weight excluding hydrogens is 308 g/mol. The van der Waals surface area contributed by atoms with Crippen molar-refractivity contribution < 1.29 is 8.42 Å². The molecule has 0 radical (unpaired) electrons. The van der Waals surface area contributed by atoms with Gasteiger partial charge in [0.2, 0.25) is 10.0 Å². The number of piperazine rings is 1. The molecule has 0 bridgehead atoms. The molecule has 0 spiro atoms. The van der Waals surface area contributed by atoms with Crippen LogP contribution in [0, 0.1) is 6.92 Å². The van der Waals surface area contributed by atoms with Crippen molar-refractivity contribution in [2.45, 2.75) is 37.1 Å². The molecule has 1 aliphatic heterocycles. The summed E-state index contributed by atoms with van der Waals surface area (Å²) < 4.78 is 27.2. The van der Waals surface area contributed by atoms with Crippen molar-refractivity contribution in [1.82, 2.24) is 9.21 Å². The molecule has 1 saturated carbocycles. The van der Waals surface area contributed by atoms with Crippen molar-refractivity contribution in [2.75, 3.05) is 26.2 Å². The summed E-state index contributed by atoms with van der Waals surface area (Å²) in [5.41, 5.74) is 0.956. The first-order valence-corrected chi connectivity index (χ1v) is 9.17. The molecule has 116 valence electrons. The van der Waals surface area contributed by atoms with Crippen LogP contribution in [0.5, 0.6) is 0 Å². The van der Waals surface area contributed by atoms with Gasteiger partial charge in [0.1, 0.15) is 0 Å². The van der Waals surface area contributed by atoms with E-state index in [1.807, 2.05) is 0 Å². The first-order chi connectivity index (χ1) is 9.84. The second-order valence-electron chi connectivity index (χ2n) is 6.25. The largest absolute Gasteiger partial charge is 0.295 e. The van der Waals surface area contributed by atoms with Gasteiger partial charge in [0.25, 0.3) is 0 Å². The van der Waals surface area contributed by atoms with E-state index >= 15 is 0 Å². The predicted molar refractivity (Wildman–Crippen MR) is 84.2 cm³/mol. The lowest BCUT2D eigenvalue weighted by Crippen LogP contribution is -2.52. The molecule has 6 heteroatoms. The monoisotopic (exact) mass is 328 g/mol. The van der Waals surface area contributed by atoms with E-state index in [1.54, 1.807) is 29.4 Å². The normalized spacial score (nSPS) is 23.2. The fraction of sp³-hybridized carbons (Fsp3) is 0.600. The maximum atomic E-state index is 12.8. The van der Waals surface area contributed by atoms with E-state index in [2.05, 4.69) is 11.8 Å². The van der Waals surface area contributed by atoms with Crippen LogP contribution in [0.15, 0.2) is 23.1 Å². The maximum absolute atomic E-state index is 12.8. The average Bonchev–Trinajstić information content (AvgIpc) is 3.21. The lowest BCUT2D eigenvalue weighted by atomic mass is 10.2. The fourth-order valence-electron chi connectivity index (χ4n) is 2.97. The van der Waals surface area contributed by atoms with Gasteiger partial charge in [0.05, 0.1) is 4.90 Å². The quantitative estimate of drug-likeness (QED) is 0.856. The molecule has 1 saturated heterocycles. The van der Waals surface area contributed by atoms with Crippen LogP contribution in [0.1, 0.15) is 25.3 Å². The molecule has 0 atom stereocenters. The number of halogens is 1.